The summed E-state index contributed by atoms with van der Waals surface area (Å²) in [7, 11) is 0. The predicted octanol–water partition coefficient (Wildman–Crippen LogP) is 2.07. The summed E-state index contributed by atoms with van der Waals surface area (Å²) in [5.41, 5.74) is 3.02. The van der Waals surface area contributed by atoms with E-state index in [2.05, 4.69) is 47.7 Å². The largest absolute Gasteiger partial charge is 0.361 e. The fourth-order valence-corrected chi connectivity index (χ4v) is 1.97. The van der Waals surface area contributed by atoms with Gasteiger partial charge in [0, 0.05) is 29.2 Å². The molecule has 1 aromatic carbocycles. The fraction of sp³-hybridized carbons (Fsp3) is 0.333. The number of fused-ring (bicyclic) bond motifs is 1. The maximum atomic E-state index is 3.40. The summed E-state index contributed by atoms with van der Waals surface area (Å²) in [5.74, 6) is 0. The molecule has 0 radical (unpaired) electrons. The summed E-state index contributed by atoms with van der Waals surface area (Å²) in [6.07, 6.45) is 3.26. The summed E-state index contributed by atoms with van der Waals surface area (Å²) in [6.45, 7) is 3.42. The van der Waals surface area contributed by atoms with Crippen molar-refractivity contribution in [3.63, 3.8) is 0 Å². The molecule has 0 spiro atoms. The van der Waals surface area contributed by atoms with Crippen molar-refractivity contribution in [1.29, 1.82) is 0 Å². The van der Waals surface area contributed by atoms with Crippen LogP contribution in [0, 0.1) is 0 Å². The van der Waals surface area contributed by atoms with Gasteiger partial charge in [0.25, 0.3) is 0 Å². The molecule has 1 aromatic heterocycles. The molecule has 3 rings (SSSR count). The average molecular weight is 186 g/mol. The van der Waals surface area contributed by atoms with Crippen LogP contribution in [0.15, 0.2) is 30.5 Å². The first-order chi connectivity index (χ1) is 6.77. The Morgan fingerprint density at radius 3 is 2.93 bits per heavy atom. The Balaban J connectivity index is 2.04. The number of aromatic nitrogens is 1. The third-order valence-corrected chi connectivity index (χ3v) is 3.04. The van der Waals surface area contributed by atoms with Gasteiger partial charge >= 0.3 is 0 Å². The molecule has 14 heavy (non-hydrogen) atoms. The van der Waals surface area contributed by atoms with Crippen LogP contribution in [0.3, 0.4) is 0 Å². The lowest BCUT2D eigenvalue weighted by Gasteiger charge is -2.04. The van der Waals surface area contributed by atoms with Gasteiger partial charge in [-0.3, -0.25) is 0 Å². The molecule has 0 bridgehead atoms. The molecule has 1 unspecified atom stereocenters. The van der Waals surface area contributed by atoms with Crippen LogP contribution in [-0.4, -0.2) is 17.1 Å². The minimum atomic E-state index is 0.352. The highest BCUT2D eigenvalue weighted by Crippen LogP contribution is 2.26. The van der Waals surface area contributed by atoms with Crippen LogP contribution < -0.4 is 5.32 Å². The molecule has 0 saturated carbocycles. The van der Waals surface area contributed by atoms with E-state index in [-0.39, 0.29) is 0 Å². The summed E-state index contributed by atoms with van der Waals surface area (Å²) in [4.78, 5) is 3.31. The van der Waals surface area contributed by atoms with Crippen molar-refractivity contribution in [2.24, 2.45) is 0 Å². The third kappa shape index (κ3) is 1.23. The minimum Gasteiger partial charge on any atom is -0.361 e. The maximum absolute atomic E-state index is 3.40. The number of H-pyrrole nitrogens is 1. The van der Waals surface area contributed by atoms with Crippen molar-refractivity contribution in [3.05, 3.63) is 36.0 Å². The third-order valence-electron chi connectivity index (χ3n) is 3.04. The van der Waals surface area contributed by atoms with Gasteiger partial charge in [-0.1, -0.05) is 18.2 Å². The Morgan fingerprint density at radius 1 is 1.36 bits per heavy atom. The van der Waals surface area contributed by atoms with E-state index >= 15 is 0 Å². The molecule has 2 nitrogen and oxygen atoms in total. The van der Waals surface area contributed by atoms with Crippen LogP contribution in [-0.2, 0) is 6.42 Å². The summed E-state index contributed by atoms with van der Waals surface area (Å²) < 4.78 is 0. The van der Waals surface area contributed by atoms with Crippen LogP contribution in [0.2, 0.25) is 0 Å². The van der Waals surface area contributed by atoms with Crippen molar-refractivity contribution in [3.8, 4) is 0 Å². The molecule has 0 aliphatic carbocycles. The Kier molecular flexibility index (Phi) is 1.50. The van der Waals surface area contributed by atoms with Crippen molar-refractivity contribution < 1.29 is 0 Å². The molecule has 72 valence electrons. The molecular formula is C12H14N2. The monoisotopic (exact) mass is 186 g/mol. The number of nitrogens with one attached hydrogen (secondary N) is 2. The molecule has 0 amide bonds. The lowest BCUT2D eigenvalue weighted by atomic mass is 10.0. The molecule has 1 aliphatic rings. The fourth-order valence-electron chi connectivity index (χ4n) is 1.97. The number of para-hydroxylation sites is 1. The molecule has 2 heterocycles. The lowest BCUT2D eigenvalue weighted by molar-refractivity contribution is 0.694. The van der Waals surface area contributed by atoms with Crippen LogP contribution in [0.5, 0.6) is 0 Å². The van der Waals surface area contributed by atoms with E-state index in [1.807, 2.05) is 0 Å². The Morgan fingerprint density at radius 2 is 2.14 bits per heavy atom. The topological polar surface area (TPSA) is 37.7 Å². The molecule has 1 fully saturated rings. The van der Waals surface area contributed by atoms with Gasteiger partial charge in [-0.05, 0) is 25.0 Å². The van der Waals surface area contributed by atoms with E-state index < -0.39 is 0 Å². The first-order valence-corrected chi connectivity index (χ1v) is 5.07. The van der Waals surface area contributed by atoms with Crippen LogP contribution in [0.25, 0.3) is 10.9 Å². The molecule has 2 heteroatoms. The average Bonchev–Trinajstić information content (AvgIpc) is 2.77. The van der Waals surface area contributed by atoms with E-state index in [0.29, 0.717) is 5.54 Å². The number of rotatable bonds is 2. The van der Waals surface area contributed by atoms with Crippen LogP contribution in [0.1, 0.15) is 12.5 Å². The van der Waals surface area contributed by atoms with Crippen molar-refractivity contribution >= 4 is 10.9 Å². The molecule has 1 saturated heterocycles. The minimum absolute atomic E-state index is 0.352. The Bertz CT molecular complexity index is 466. The van der Waals surface area contributed by atoms with Crippen molar-refractivity contribution in [2.45, 2.75) is 18.9 Å². The van der Waals surface area contributed by atoms with Gasteiger partial charge in [-0.25, -0.2) is 0 Å². The summed E-state index contributed by atoms with van der Waals surface area (Å²) in [6, 6.07) is 8.48. The van der Waals surface area contributed by atoms with Gasteiger partial charge in [0.2, 0.25) is 0 Å². The highest BCUT2D eigenvalue weighted by molar-refractivity contribution is 5.83. The van der Waals surface area contributed by atoms with Crippen LogP contribution in [0.4, 0.5) is 0 Å². The molecule has 1 atom stereocenters. The van der Waals surface area contributed by atoms with Crippen molar-refractivity contribution in [2.75, 3.05) is 6.54 Å². The first kappa shape index (κ1) is 8.06. The number of benzene rings is 1. The molecule has 2 aromatic rings. The highest BCUT2D eigenvalue weighted by atomic mass is 15.1. The lowest BCUT2D eigenvalue weighted by Crippen LogP contribution is -2.12. The van der Waals surface area contributed by atoms with Crippen molar-refractivity contribution in [1.82, 2.24) is 10.3 Å². The van der Waals surface area contributed by atoms with E-state index in [0.717, 1.165) is 13.0 Å². The van der Waals surface area contributed by atoms with Gasteiger partial charge in [0.15, 0.2) is 0 Å². The van der Waals surface area contributed by atoms with Gasteiger partial charge < -0.3 is 10.3 Å². The first-order valence-electron chi connectivity index (χ1n) is 5.07. The van der Waals surface area contributed by atoms with E-state index in [1.165, 1.54) is 16.5 Å². The quantitative estimate of drug-likeness (QED) is 0.692. The van der Waals surface area contributed by atoms with Gasteiger partial charge in [0.05, 0.1) is 0 Å². The van der Waals surface area contributed by atoms with E-state index in [9.17, 15) is 0 Å². The van der Waals surface area contributed by atoms with Gasteiger partial charge in [-0.15, -0.1) is 0 Å². The normalized spacial score (nSPS) is 25.5. The summed E-state index contributed by atoms with van der Waals surface area (Å²) in [5, 5.41) is 4.76. The zero-order valence-electron chi connectivity index (χ0n) is 8.30. The second-order valence-corrected chi connectivity index (χ2v) is 4.45. The zero-order chi connectivity index (χ0) is 9.60. The molecule has 2 N–H and O–H groups in total. The number of hydrogen-bond donors (Lipinski definition) is 2. The second kappa shape index (κ2) is 2.61. The van der Waals surface area contributed by atoms with Gasteiger partial charge in [-0.2, -0.15) is 0 Å². The molecular weight excluding hydrogens is 172 g/mol. The van der Waals surface area contributed by atoms with Crippen LogP contribution >= 0.6 is 0 Å². The summed E-state index contributed by atoms with van der Waals surface area (Å²) >= 11 is 0. The SMILES string of the molecule is CC1(Cc2c[nH]c3ccccc23)CN1. The van der Waals surface area contributed by atoms with Gasteiger partial charge in [0.1, 0.15) is 0 Å². The second-order valence-electron chi connectivity index (χ2n) is 4.45. The zero-order valence-corrected chi connectivity index (χ0v) is 8.30. The van der Waals surface area contributed by atoms with E-state index in [1.54, 1.807) is 0 Å². The highest BCUT2D eigenvalue weighted by Gasteiger charge is 2.36. The van der Waals surface area contributed by atoms with E-state index in [4.69, 9.17) is 0 Å². The standard InChI is InChI=1S/C12H14N2/c1-12(8-14-12)6-9-7-13-11-5-3-2-4-10(9)11/h2-5,7,13-14H,6,8H2,1H3. The Hall–Kier alpha value is -1.28. The number of hydrogen-bond acceptors (Lipinski definition) is 1. The predicted molar refractivity (Wildman–Crippen MR) is 58.4 cm³/mol. The molecule has 1 aliphatic heterocycles. The smallest absolute Gasteiger partial charge is 0.0456 e. The Labute approximate surface area is 83.3 Å². The maximum Gasteiger partial charge on any atom is 0.0456 e. The number of aromatic amines is 1.